The molecule has 1 aromatic carbocycles. The third-order valence-electron chi connectivity index (χ3n) is 5.90. The molecule has 1 aliphatic heterocycles. The summed E-state index contributed by atoms with van der Waals surface area (Å²) in [6.07, 6.45) is 1.90. The Balaban J connectivity index is 1.64. The number of halogens is 1. The van der Waals surface area contributed by atoms with E-state index in [1.54, 1.807) is 35.0 Å². The van der Waals surface area contributed by atoms with Gasteiger partial charge < -0.3 is 9.64 Å². The van der Waals surface area contributed by atoms with E-state index in [1.807, 2.05) is 16.5 Å². The van der Waals surface area contributed by atoms with Gasteiger partial charge in [0.05, 0.1) is 36.2 Å². The van der Waals surface area contributed by atoms with Gasteiger partial charge in [0, 0.05) is 23.6 Å². The topological polar surface area (TPSA) is 82.9 Å². The molecule has 1 aliphatic rings. The standard InChI is InChI=1S/C23H24ClN5O3S2/c1-3-32-18(30)8-5-11-33-23-26-25-22-28(15-7-4-6-14(24)12-15)20(31)19-16-9-10-27(2)13-17(16)34-21(19)29(22)23/h4,6-7,12H,3,5,8-11,13H2,1-2H3/p+1. The largest absolute Gasteiger partial charge is 0.466 e. The molecular weight excluding hydrogens is 494 g/mol. The molecule has 0 amide bonds. The first-order valence-electron chi connectivity index (χ1n) is 11.3. The Bertz CT molecular complexity index is 1440. The van der Waals surface area contributed by atoms with Crippen molar-refractivity contribution in [2.75, 3.05) is 26.0 Å². The van der Waals surface area contributed by atoms with E-state index in [1.165, 1.54) is 21.5 Å². The van der Waals surface area contributed by atoms with Gasteiger partial charge in [-0.3, -0.25) is 9.59 Å². The van der Waals surface area contributed by atoms with Gasteiger partial charge in [0.2, 0.25) is 5.78 Å². The maximum Gasteiger partial charge on any atom is 0.305 e. The molecule has 4 heterocycles. The fourth-order valence-electron chi connectivity index (χ4n) is 4.33. The number of quaternary nitrogens is 1. The van der Waals surface area contributed by atoms with E-state index in [2.05, 4.69) is 17.2 Å². The molecule has 3 aromatic heterocycles. The summed E-state index contributed by atoms with van der Waals surface area (Å²) in [5.41, 5.74) is 1.71. The SMILES string of the molecule is CCOC(=O)CCCSc1nnc2n(-c3cccc(Cl)c3)c(=O)c3c4c(sc3n12)C[NH+](C)CC4. The highest BCUT2D eigenvalue weighted by Gasteiger charge is 2.28. The van der Waals surface area contributed by atoms with Gasteiger partial charge in [-0.25, -0.2) is 8.97 Å². The average molecular weight is 519 g/mol. The van der Waals surface area contributed by atoms with E-state index in [4.69, 9.17) is 16.3 Å². The lowest BCUT2D eigenvalue weighted by Gasteiger charge is -2.19. The molecule has 8 nitrogen and oxygen atoms in total. The number of esters is 1. The van der Waals surface area contributed by atoms with Crippen molar-refractivity contribution in [1.82, 2.24) is 19.2 Å². The average Bonchev–Trinajstić information content (AvgIpc) is 3.38. The monoisotopic (exact) mass is 518 g/mol. The van der Waals surface area contributed by atoms with Crippen LogP contribution in [0.1, 0.15) is 30.2 Å². The number of carbonyl (C=O) groups is 1. The lowest BCUT2D eigenvalue weighted by atomic mass is 10.1. The maximum absolute atomic E-state index is 13.9. The number of nitrogens with zero attached hydrogens (tertiary/aromatic N) is 4. The number of hydrogen-bond acceptors (Lipinski definition) is 7. The number of ether oxygens (including phenoxy) is 1. The molecule has 0 spiro atoms. The van der Waals surface area contributed by atoms with Gasteiger partial charge in [-0.05, 0) is 37.1 Å². The summed E-state index contributed by atoms with van der Waals surface area (Å²) in [7, 11) is 2.18. The zero-order chi connectivity index (χ0) is 23.8. The summed E-state index contributed by atoms with van der Waals surface area (Å²) in [5.74, 6) is 0.964. The molecule has 1 unspecified atom stereocenters. The van der Waals surface area contributed by atoms with Gasteiger partial charge in [0.15, 0.2) is 5.16 Å². The second-order valence-corrected chi connectivity index (χ2v) is 10.9. The minimum atomic E-state index is -0.191. The fraction of sp³-hybridized carbons (Fsp3) is 0.391. The van der Waals surface area contributed by atoms with Crippen molar-refractivity contribution in [3.05, 3.63) is 50.1 Å². The molecule has 5 rings (SSSR count). The quantitative estimate of drug-likeness (QED) is 0.230. The van der Waals surface area contributed by atoms with E-state index < -0.39 is 0 Å². The van der Waals surface area contributed by atoms with Crippen LogP contribution in [-0.4, -0.2) is 51.1 Å². The van der Waals surface area contributed by atoms with Crippen LogP contribution in [0.15, 0.2) is 34.2 Å². The molecule has 1 N–H and O–H groups in total. The first-order chi connectivity index (χ1) is 16.5. The van der Waals surface area contributed by atoms with Crippen LogP contribution in [0.25, 0.3) is 21.7 Å². The van der Waals surface area contributed by atoms with Crippen LogP contribution < -0.4 is 10.5 Å². The molecule has 1 atom stereocenters. The smallest absolute Gasteiger partial charge is 0.305 e. The van der Waals surface area contributed by atoms with E-state index >= 15 is 0 Å². The third kappa shape index (κ3) is 4.24. The van der Waals surface area contributed by atoms with Crippen molar-refractivity contribution >= 4 is 56.7 Å². The molecule has 0 aliphatic carbocycles. The van der Waals surface area contributed by atoms with E-state index in [0.29, 0.717) is 46.8 Å². The molecule has 34 heavy (non-hydrogen) atoms. The maximum atomic E-state index is 13.9. The number of thioether (sulfide) groups is 1. The Morgan fingerprint density at radius 2 is 2.21 bits per heavy atom. The molecular formula is C23H25ClN5O3S2+. The number of likely N-dealkylation sites (N-methyl/N-ethyl adjacent to an activating group) is 1. The lowest BCUT2D eigenvalue weighted by Crippen LogP contribution is -3.08. The van der Waals surface area contributed by atoms with Gasteiger partial charge >= 0.3 is 5.97 Å². The minimum absolute atomic E-state index is 0.0897. The van der Waals surface area contributed by atoms with Crippen molar-refractivity contribution in [2.45, 2.75) is 37.9 Å². The lowest BCUT2D eigenvalue weighted by molar-refractivity contribution is -0.895. The van der Waals surface area contributed by atoms with Crippen LogP contribution >= 0.6 is 34.7 Å². The number of thiophene rings is 1. The Morgan fingerprint density at radius 3 is 3.00 bits per heavy atom. The molecule has 0 saturated heterocycles. The van der Waals surface area contributed by atoms with Crippen molar-refractivity contribution in [1.29, 1.82) is 0 Å². The number of nitrogens with one attached hydrogen (secondary N) is 1. The minimum Gasteiger partial charge on any atom is -0.466 e. The van der Waals surface area contributed by atoms with Crippen LogP contribution in [0.4, 0.5) is 0 Å². The Hall–Kier alpha value is -2.40. The van der Waals surface area contributed by atoms with Gasteiger partial charge in [0.1, 0.15) is 11.4 Å². The summed E-state index contributed by atoms with van der Waals surface area (Å²) in [4.78, 5) is 29.1. The Morgan fingerprint density at radius 1 is 1.35 bits per heavy atom. The molecule has 0 radical (unpaired) electrons. The van der Waals surface area contributed by atoms with Crippen LogP contribution in [0, 0.1) is 0 Å². The highest BCUT2D eigenvalue weighted by atomic mass is 35.5. The molecule has 0 bridgehead atoms. The first-order valence-corrected chi connectivity index (χ1v) is 13.5. The van der Waals surface area contributed by atoms with Crippen LogP contribution in [0.3, 0.4) is 0 Å². The van der Waals surface area contributed by atoms with Crippen molar-refractivity contribution in [2.24, 2.45) is 0 Å². The second kappa shape index (κ2) is 9.69. The van der Waals surface area contributed by atoms with E-state index in [0.717, 1.165) is 35.3 Å². The zero-order valence-electron chi connectivity index (χ0n) is 19.0. The zero-order valence-corrected chi connectivity index (χ0v) is 21.4. The van der Waals surface area contributed by atoms with Gasteiger partial charge in [-0.1, -0.05) is 29.4 Å². The number of carbonyl (C=O) groups excluding carboxylic acids is 1. The summed E-state index contributed by atoms with van der Waals surface area (Å²) >= 11 is 9.46. The number of benzene rings is 1. The highest BCUT2D eigenvalue weighted by molar-refractivity contribution is 7.99. The summed E-state index contributed by atoms with van der Waals surface area (Å²) in [6.45, 7) is 4.08. The third-order valence-corrected chi connectivity index (χ3v) is 8.37. The molecule has 178 valence electrons. The van der Waals surface area contributed by atoms with Crippen molar-refractivity contribution in [3.8, 4) is 5.69 Å². The van der Waals surface area contributed by atoms with Crippen LogP contribution in [-0.2, 0) is 22.5 Å². The number of aromatic nitrogens is 4. The predicted molar refractivity (Wildman–Crippen MR) is 135 cm³/mol. The Kier molecular flexibility index (Phi) is 6.65. The van der Waals surface area contributed by atoms with Gasteiger partial charge in [-0.2, -0.15) is 0 Å². The molecule has 0 saturated carbocycles. The number of rotatable bonds is 7. The predicted octanol–water partition coefficient (Wildman–Crippen LogP) is 2.75. The highest BCUT2D eigenvalue weighted by Crippen LogP contribution is 2.34. The molecule has 11 heteroatoms. The fourth-order valence-corrected chi connectivity index (χ4v) is 6.89. The number of fused-ring (bicyclic) bond motifs is 5. The van der Waals surface area contributed by atoms with Gasteiger partial charge in [0.25, 0.3) is 5.56 Å². The van der Waals surface area contributed by atoms with Gasteiger partial charge in [-0.15, -0.1) is 21.5 Å². The van der Waals surface area contributed by atoms with E-state index in [9.17, 15) is 9.59 Å². The summed E-state index contributed by atoms with van der Waals surface area (Å²) < 4.78 is 8.62. The Labute approximate surface area is 209 Å². The van der Waals surface area contributed by atoms with Crippen LogP contribution in [0.2, 0.25) is 5.02 Å². The number of hydrogen-bond donors (Lipinski definition) is 1. The molecule has 0 fully saturated rings. The normalized spacial score (nSPS) is 15.7. The van der Waals surface area contributed by atoms with Crippen molar-refractivity contribution < 1.29 is 14.4 Å². The van der Waals surface area contributed by atoms with Crippen LogP contribution in [0.5, 0.6) is 0 Å². The van der Waals surface area contributed by atoms with Crippen molar-refractivity contribution in [3.63, 3.8) is 0 Å². The molecule has 4 aromatic rings. The first kappa shape index (κ1) is 23.3. The summed E-state index contributed by atoms with van der Waals surface area (Å²) in [6, 6.07) is 7.24. The van der Waals surface area contributed by atoms with E-state index in [-0.39, 0.29) is 11.5 Å². The second-order valence-electron chi connectivity index (χ2n) is 8.31. The summed E-state index contributed by atoms with van der Waals surface area (Å²) in [5, 5.41) is 10.9.